The fraction of sp³-hybridized carbons (Fsp3) is 0.455. The lowest BCUT2D eigenvalue weighted by molar-refractivity contribution is 0.340. The molecule has 1 rings (SSSR count). The van der Waals surface area contributed by atoms with Crippen LogP contribution in [0.5, 0.6) is 5.75 Å². The molecule has 0 saturated carbocycles. The first-order valence-corrected chi connectivity index (χ1v) is 8.03. The first-order valence-electron chi connectivity index (χ1n) is 5.17. The molecule has 1 aromatic carbocycles. The van der Waals surface area contributed by atoms with Crippen LogP contribution in [0.25, 0.3) is 0 Å². The number of rotatable bonds is 5. The molecule has 0 fully saturated rings. The molecule has 0 radical (unpaired) electrons. The van der Waals surface area contributed by atoms with Crippen molar-refractivity contribution >= 4 is 31.3 Å². The minimum absolute atomic E-state index is 0.0975. The topological polar surface area (TPSA) is 43.4 Å². The van der Waals surface area contributed by atoms with Crippen molar-refractivity contribution in [2.45, 2.75) is 20.3 Å². The van der Waals surface area contributed by atoms with Crippen LogP contribution in [0.2, 0.25) is 5.02 Å². The number of benzene rings is 1. The number of ether oxygens (including phenoxy) is 1. The maximum atomic E-state index is 10.9. The van der Waals surface area contributed by atoms with Gasteiger partial charge in [0.2, 0.25) is 9.05 Å². The predicted molar refractivity (Wildman–Crippen MR) is 70.7 cm³/mol. The van der Waals surface area contributed by atoms with Crippen LogP contribution in [0.3, 0.4) is 0 Å². The highest BCUT2D eigenvalue weighted by Crippen LogP contribution is 2.28. The van der Waals surface area contributed by atoms with E-state index in [2.05, 4.69) is 0 Å². The molecule has 0 spiro atoms. The summed E-state index contributed by atoms with van der Waals surface area (Å²) in [5, 5.41) is 0.486. The SMILES string of the molecule is CCOc1cc(C)c(CCS(=O)(=O)Cl)cc1Cl. The lowest BCUT2D eigenvalue weighted by atomic mass is 10.1. The summed E-state index contributed by atoms with van der Waals surface area (Å²) in [6, 6.07) is 3.53. The Hall–Kier alpha value is -0.450. The van der Waals surface area contributed by atoms with Gasteiger partial charge in [0.05, 0.1) is 17.4 Å². The number of hydrogen-bond donors (Lipinski definition) is 0. The van der Waals surface area contributed by atoms with E-state index in [1.54, 1.807) is 6.07 Å². The molecule has 0 atom stereocenters. The van der Waals surface area contributed by atoms with E-state index in [9.17, 15) is 8.42 Å². The van der Waals surface area contributed by atoms with Crippen LogP contribution < -0.4 is 4.74 Å². The highest BCUT2D eigenvalue weighted by molar-refractivity contribution is 8.13. The van der Waals surface area contributed by atoms with Crippen molar-refractivity contribution in [1.29, 1.82) is 0 Å². The Morgan fingerprint density at radius 2 is 2.00 bits per heavy atom. The molecule has 3 nitrogen and oxygen atoms in total. The Balaban J connectivity index is 2.91. The smallest absolute Gasteiger partial charge is 0.232 e. The zero-order valence-corrected chi connectivity index (χ0v) is 12.0. The maximum Gasteiger partial charge on any atom is 0.232 e. The van der Waals surface area contributed by atoms with Gasteiger partial charge in [0.15, 0.2) is 0 Å². The molecular weight excluding hydrogens is 283 g/mol. The molecule has 1 aromatic rings. The lowest BCUT2D eigenvalue weighted by Crippen LogP contribution is -2.03. The first kappa shape index (κ1) is 14.6. The van der Waals surface area contributed by atoms with Gasteiger partial charge < -0.3 is 4.74 Å². The molecule has 0 aliphatic heterocycles. The van der Waals surface area contributed by atoms with Gasteiger partial charge in [-0.05, 0) is 43.5 Å². The largest absolute Gasteiger partial charge is 0.492 e. The third-order valence-electron chi connectivity index (χ3n) is 2.31. The summed E-state index contributed by atoms with van der Waals surface area (Å²) in [6.45, 7) is 4.29. The van der Waals surface area contributed by atoms with Gasteiger partial charge in [-0.15, -0.1) is 0 Å². The van der Waals surface area contributed by atoms with Crippen LogP contribution in [0, 0.1) is 6.92 Å². The summed E-state index contributed by atoms with van der Waals surface area (Å²) in [4.78, 5) is 0. The molecule has 17 heavy (non-hydrogen) atoms. The van der Waals surface area contributed by atoms with E-state index in [4.69, 9.17) is 27.0 Å². The molecule has 0 aliphatic carbocycles. The van der Waals surface area contributed by atoms with E-state index in [1.807, 2.05) is 19.9 Å². The Morgan fingerprint density at radius 1 is 1.35 bits per heavy atom. The number of halogens is 2. The Bertz CT molecular complexity index is 498. The van der Waals surface area contributed by atoms with Gasteiger partial charge in [-0.2, -0.15) is 0 Å². The van der Waals surface area contributed by atoms with Gasteiger partial charge in [-0.25, -0.2) is 8.42 Å². The Kier molecular flexibility index (Phi) is 5.10. The van der Waals surface area contributed by atoms with Crippen molar-refractivity contribution < 1.29 is 13.2 Å². The quantitative estimate of drug-likeness (QED) is 0.784. The summed E-state index contributed by atoms with van der Waals surface area (Å²) in [5.41, 5.74) is 1.81. The molecule has 0 amide bonds. The van der Waals surface area contributed by atoms with Gasteiger partial charge in [0.1, 0.15) is 5.75 Å². The molecule has 6 heteroatoms. The average Bonchev–Trinajstić information content (AvgIpc) is 2.20. The summed E-state index contributed by atoms with van der Waals surface area (Å²) >= 11 is 6.02. The normalized spacial score (nSPS) is 11.5. The predicted octanol–water partition coefficient (Wildman–Crippen LogP) is 3.16. The van der Waals surface area contributed by atoms with Gasteiger partial charge in [-0.1, -0.05) is 11.6 Å². The maximum absolute atomic E-state index is 10.9. The monoisotopic (exact) mass is 296 g/mol. The summed E-state index contributed by atoms with van der Waals surface area (Å²) in [6.07, 6.45) is 0.351. The fourth-order valence-electron chi connectivity index (χ4n) is 1.46. The zero-order chi connectivity index (χ0) is 13.1. The molecule has 0 aromatic heterocycles. The summed E-state index contributed by atoms with van der Waals surface area (Å²) < 4.78 is 27.1. The molecule has 0 aliphatic rings. The van der Waals surface area contributed by atoms with Crippen LogP contribution >= 0.6 is 22.3 Å². The molecule has 96 valence electrons. The third-order valence-corrected chi connectivity index (χ3v) is 3.76. The average molecular weight is 297 g/mol. The molecule has 0 unspecified atom stereocenters. The van der Waals surface area contributed by atoms with Crippen LogP contribution in [0.4, 0.5) is 0 Å². The second-order valence-electron chi connectivity index (χ2n) is 3.64. The van der Waals surface area contributed by atoms with E-state index < -0.39 is 9.05 Å². The Morgan fingerprint density at radius 3 is 2.53 bits per heavy atom. The first-order chi connectivity index (χ1) is 7.83. The second-order valence-corrected chi connectivity index (χ2v) is 6.94. The summed E-state index contributed by atoms with van der Waals surface area (Å²) in [7, 11) is 1.70. The van der Waals surface area contributed by atoms with E-state index in [1.165, 1.54) is 0 Å². The van der Waals surface area contributed by atoms with Crippen molar-refractivity contribution in [1.82, 2.24) is 0 Å². The molecule has 0 saturated heterocycles. The minimum atomic E-state index is -3.47. The molecular formula is C11H14Cl2O3S. The minimum Gasteiger partial charge on any atom is -0.492 e. The lowest BCUT2D eigenvalue weighted by Gasteiger charge is -2.10. The fourth-order valence-corrected chi connectivity index (χ4v) is 2.40. The molecule has 0 heterocycles. The van der Waals surface area contributed by atoms with Crippen molar-refractivity contribution in [3.05, 3.63) is 28.3 Å². The molecule has 0 bridgehead atoms. The van der Waals surface area contributed by atoms with Crippen molar-refractivity contribution in [3.8, 4) is 5.75 Å². The van der Waals surface area contributed by atoms with Gasteiger partial charge in [0, 0.05) is 10.7 Å². The van der Waals surface area contributed by atoms with Crippen LogP contribution in [0.1, 0.15) is 18.1 Å². The van der Waals surface area contributed by atoms with Gasteiger partial charge in [-0.3, -0.25) is 0 Å². The van der Waals surface area contributed by atoms with E-state index in [0.29, 0.717) is 23.8 Å². The number of hydrogen-bond acceptors (Lipinski definition) is 3. The molecule has 0 N–H and O–H groups in total. The van der Waals surface area contributed by atoms with Crippen LogP contribution in [-0.4, -0.2) is 20.8 Å². The van der Waals surface area contributed by atoms with E-state index in [0.717, 1.165) is 11.1 Å². The highest BCUT2D eigenvalue weighted by atomic mass is 35.7. The third kappa shape index (κ3) is 4.74. The van der Waals surface area contributed by atoms with Crippen molar-refractivity contribution in [2.75, 3.05) is 12.4 Å². The van der Waals surface area contributed by atoms with Crippen molar-refractivity contribution in [2.24, 2.45) is 0 Å². The van der Waals surface area contributed by atoms with E-state index >= 15 is 0 Å². The second kappa shape index (κ2) is 5.94. The zero-order valence-electron chi connectivity index (χ0n) is 9.66. The van der Waals surface area contributed by atoms with E-state index in [-0.39, 0.29) is 5.75 Å². The highest BCUT2D eigenvalue weighted by Gasteiger charge is 2.10. The van der Waals surface area contributed by atoms with Crippen LogP contribution in [-0.2, 0) is 15.5 Å². The van der Waals surface area contributed by atoms with Gasteiger partial charge >= 0.3 is 0 Å². The van der Waals surface area contributed by atoms with Crippen molar-refractivity contribution in [3.63, 3.8) is 0 Å². The Labute approximate surface area is 111 Å². The summed E-state index contributed by atoms with van der Waals surface area (Å²) in [5.74, 6) is 0.517. The number of aryl methyl sites for hydroxylation is 2. The van der Waals surface area contributed by atoms with Gasteiger partial charge in [0.25, 0.3) is 0 Å². The standard InChI is InChI=1S/C11H14Cl2O3S/c1-3-16-11-6-8(2)9(7-10(11)12)4-5-17(13,14)15/h6-7H,3-5H2,1-2H3. The van der Waals surface area contributed by atoms with Crippen LogP contribution in [0.15, 0.2) is 12.1 Å².